The Labute approximate surface area is 118 Å². The van der Waals surface area contributed by atoms with Gasteiger partial charge >= 0.3 is 6.18 Å². The van der Waals surface area contributed by atoms with Gasteiger partial charge in [0.2, 0.25) is 5.91 Å². The van der Waals surface area contributed by atoms with Crippen molar-refractivity contribution in [2.24, 2.45) is 0 Å². The van der Waals surface area contributed by atoms with E-state index in [1.54, 1.807) is 25.1 Å². The number of amides is 1. The third kappa shape index (κ3) is 4.11. The van der Waals surface area contributed by atoms with Crippen molar-refractivity contribution in [2.75, 3.05) is 11.9 Å². The van der Waals surface area contributed by atoms with Gasteiger partial charge in [-0.3, -0.25) is 4.79 Å². The van der Waals surface area contributed by atoms with Crippen LogP contribution in [-0.2, 0) is 4.79 Å². The zero-order valence-electron chi connectivity index (χ0n) is 11.4. The Hall–Kier alpha value is -2.25. The summed E-state index contributed by atoms with van der Waals surface area (Å²) in [6, 6.07) is 4.20. The molecule has 0 fully saturated rings. The monoisotopic (exact) mass is 301 g/mol. The molecule has 21 heavy (non-hydrogen) atoms. The minimum absolute atomic E-state index is 0.512. The van der Waals surface area contributed by atoms with E-state index in [4.69, 9.17) is 4.42 Å². The summed E-state index contributed by atoms with van der Waals surface area (Å²) in [5.74, 6) is -0.220. The fourth-order valence-corrected chi connectivity index (χ4v) is 1.79. The van der Waals surface area contributed by atoms with Crippen LogP contribution in [0.4, 0.5) is 18.9 Å². The maximum absolute atomic E-state index is 12.0. The SMILES string of the molecule is Cc1nc2cc(N[C@H](C)C(=O)NCC(F)(F)F)ccc2o1. The molecule has 0 aliphatic rings. The smallest absolute Gasteiger partial charge is 0.405 e. The van der Waals surface area contributed by atoms with Crippen molar-refractivity contribution in [1.29, 1.82) is 0 Å². The molecule has 2 aromatic rings. The van der Waals surface area contributed by atoms with Gasteiger partial charge in [-0.15, -0.1) is 0 Å². The minimum atomic E-state index is -4.42. The lowest BCUT2D eigenvalue weighted by atomic mass is 10.2. The molecular weight excluding hydrogens is 287 g/mol. The lowest BCUT2D eigenvalue weighted by Gasteiger charge is -2.16. The average Bonchev–Trinajstić information content (AvgIpc) is 2.74. The maximum Gasteiger partial charge on any atom is 0.405 e. The summed E-state index contributed by atoms with van der Waals surface area (Å²) in [7, 11) is 0. The third-order valence-electron chi connectivity index (χ3n) is 2.73. The van der Waals surface area contributed by atoms with Crippen LogP contribution in [0.2, 0.25) is 0 Å². The molecule has 1 atom stereocenters. The molecule has 0 saturated carbocycles. The predicted octanol–water partition coefficient (Wildman–Crippen LogP) is 2.62. The number of aromatic nitrogens is 1. The zero-order chi connectivity index (χ0) is 15.6. The van der Waals surface area contributed by atoms with Gasteiger partial charge < -0.3 is 15.1 Å². The number of halogens is 3. The van der Waals surface area contributed by atoms with E-state index in [1.165, 1.54) is 6.92 Å². The largest absolute Gasteiger partial charge is 0.441 e. The molecule has 1 aromatic heterocycles. The highest BCUT2D eigenvalue weighted by Gasteiger charge is 2.28. The standard InChI is InChI=1S/C13H14F3N3O2/c1-7(12(20)17-6-13(14,15)16)18-9-3-4-11-10(5-9)19-8(2)21-11/h3-5,7,18H,6H2,1-2H3,(H,17,20)/t7-/m1/s1. The number of anilines is 1. The second-order valence-electron chi connectivity index (χ2n) is 4.61. The van der Waals surface area contributed by atoms with Crippen LogP contribution in [0.3, 0.4) is 0 Å². The van der Waals surface area contributed by atoms with Crippen LogP contribution < -0.4 is 10.6 Å². The van der Waals surface area contributed by atoms with Gasteiger partial charge in [0.1, 0.15) is 18.1 Å². The number of alkyl halides is 3. The molecule has 1 amide bonds. The molecule has 5 nitrogen and oxygen atoms in total. The number of nitrogens with one attached hydrogen (secondary N) is 2. The highest BCUT2D eigenvalue weighted by Crippen LogP contribution is 2.20. The number of fused-ring (bicyclic) bond motifs is 1. The van der Waals surface area contributed by atoms with E-state index in [-0.39, 0.29) is 0 Å². The molecule has 1 heterocycles. The van der Waals surface area contributed by atoms with Crippen LogP contribution in [0.15, 0.2) is 22.6 Å². The number of carbonyl (C=O) groups is 1. The van der Waals surface area contributed by atoms with Crippen LogP contribution >= 0.6 is 0 Å². The van der Waals surface area contributed by atoms with Crippen molar-refractivity contribution >= 4 is 22.7 Å². The van der Waals surface area contributed by atoms with Gasteiger partial charge in [-0.2, -0.15) is 13.2 Å². The lowest BCUT2D eigenvalue weighted by Crippen LogP contribution is -2.42. The first-order valence-corrected chi connectivity index (χ1v) is 6.23. The van der Waals surface area contributed by atoms with E-state index in [9.17, 15) is 18.0 Å². The molecular formula is C13H14F3N3O2. The second-order valence-corrected chi connectivity index (χ2v) is 4.61. The van der Waals surface area contributed by atoms with Gasteiger partial charge in [-0.1, -0.05) is 0 Å². The van der Waals surface area contributed by atoms with Gasteiger partial charge in [-0.05, 0) is 25.1 Å². The van der Waals surface area contributed by atoms with E-state index >= 15 is 0 Å². The first kappa shape index (κ1) is 15.1. The quantitative estimate of drug-likeness (QED) is 0.911. The van der Waals surface area contributed by atoms with Gasteiger partial charge in [0.05, 0.1) is 0 Å². The summed E-state index contributed by atoms with van der Waals surface area (Å²) in [5, 5.41) is 4.64. The number of rotatable bonds is 4. The Morgan fingerprint density at radius 1 is 1.43 bits per heavy atom. The fourth-order valence-electron chi connectivity index (χ4n) is 1.79. The molecule has 2 N–H and O–H groups in total. The topological polar surface area (TPSA) is 67.2 Å². The number of carbonyl (C=O) groups excluding carboxylic acids is 1. The summed E-state index contributed by atoms with van der Waals surface area (Å²) in [6.07, 6.45) is -4.42. The summed E-state index contributed by atoms with van der Waals surface area (Å²) < 4.78 is 41.4. The molecule has 0 aliphatic carbocycles. The van der Waals surface area contributed by atoms with Crippen LogP contribution in [-0.4, -0.2) is 29.7 Å². The third-order valence-corrected chi connectivity index (χ3v) is 2.73. The van der Waals surface area contributed by atoms with Crippen molar-refractivity contribution < 1.29 is 22.4 Å². The molecule has 1 aromatic carbocycles. The van der Waals surface area contributed by atoms with E-state index in [2.05, 4.69) is 10.3 Å². The fraction of sp³-hybridized carbons (Fsp3) is 0.385. The summed E-state index contributed by atoms with van der Waals surface area (Å²) >= 11 is 0. The second kappa shape index (κ2) is 5.63. The normalized spacial score (nSPS) is 13.2. The Bertz CT molecular complexity index is 652. The maximum atomic E-state index is 12.0. The van der Waals surface area contributed by atoms with E-state index in [0.29, 0.717) is 22.7 Å². The van der Waals surface area contributed by atoms with Crippen LogP contribution in [0.1, 0.15) is 12.8 Å². The number of hydrogen-bond acceptors (Lipinski definition) is 4. The average molecular weight is 301 g/mol. The number of benzene rings is 1. The molecule has 0 aliphatic heterocycles. The van der Waals surface area contributed by atoms with Gasteiger partial charge in [0.15, 0.2) is 11.5 Å². The predicted molar refractivity (Wildman–Crippen MR) is 70.9 cm³/mol. The number of oxazole rings is 1. The number of nitrogens with zero attached hydrogens (tertiary/aromatic N) is 1. The summed E-state index contributed by atoms with van der Waals surface area (Å²) in [6.45, 7) is 1.84. The van der Waals surface area contributed by atoms with Crippen LogP contribution in [0.25, 0.3) is 11.1 Å². The molecule has 0 spiro atoms. The first-order chi connectivity index (χ1) is 9.74. The zero-order valence-corrected chi connectivity index (χ0v) is 11.4. The van der Waals surface area contributed by atoms with E-state index in [0.717, 1.165) is 0 Å². The summed E-state index contributed by atoms with van der Waals surface area (Å²) in [4.78, 5) is 15.7. The molecule has 0 bridgehead atoms. The van der Waals surface area contributed by atoms with Gasteiger partial charge in [0.25, 0.3) is 0 Å². The Morgan fingerprint density at radius 3 is 2.81 bits per heavy atom. The molecule has 2 rings (SSSR count). The highest BCUT2D eigenvalue weighted by atomic mass is 19.4. The first-order valence-electron chi connectivity index (χ1n) is 6.23. The minimum Gasteiger partial charge on any atom is -0.441 e. The van der Waals surface area contributed by atoms with Crippen LogP contribution in [0, 0.1) is 6.92 Å². The van der Waals surface area contributed by atoms with Gasteiger partial charge in [-0.25, -0.2) is 4.98 Å². The van der Waals surface area contributed by atoms with E-state index in [1.807, 2.05) is 5.32 Å². The van der Waals surface area contributed by atoms with E-state index < -0.39 is 24.7 Å². The van der Waals surface area contributed by atoms with Crippen molar-refractivity contribution in [2.45, 2.75) is 26.1 Å². The highest BCUT2D eigenvalue weighted by molar-refractivity contribution is 5.85. The Balaban J connectivity index is 2.00. The Kier molecular flexibility index (Phi) is 4.06. The van der Waals surface area contributed by atoms with Gasteiger partial charge in [0, 0.05) is 12.6 Å². The van der Waals surface area contributed by atoms with Crippen molar-refractivity contribution in [3.8, 4) is 0 Å². The Morgan fingerprint density at radius 2 is 2.14 bits per heavy atom. The lowest BCUT2D eigenvalue weighted by molar-refractivity contribution is -0.138. The molecule has 114 valence electrons. The molecule has 8 heteroatoms. The van der Waals surface area contributed by atoms with Crippen molar-refractivity contribution in [3.05, 3.63) is 24.1 Å². The van der Waals surface area contributed by atoms with Crippen molar-refractivity contribution in [1.82, 2.24) is 10.3 Å². The molecule has 0 saturated heterocycles. The number of aryl methyl sites for hydroxylation is 1. The molecule has 0 unspecified atom stereocenters. The number of hydrogen-bond donors (Lipinski definition) is 2. The van der Waals surface area contributed by atoms with Crippen LogP contribution in [0.5, 0.6) is 0 Å². The summed E-state index contributed by atoms with van der Waals surface area (Å²) in [5.41, 5.74) is 1.79. The molecule has 0 radical (unpaired) electrons. The van der Waals surface area contributed by atoms with Crippen molar-refractivity contribution in [3.63, 3.8) is 0 Å².